The van der Waals surface area contributed by atoms with Gasteiger partial charge in [-0.05, 0) is 193 Å². The van der Waals surface area contributed by atoms with Crippen molar-refractivity contribution in [3.8, 4) is 124 Å². The fraction of sp³-hybridized carbons (Fsp3) is 0. The van der Waals surface area contributed by atoms with Crippen LogP contribution in [0.25, 0.3) is 233 Å². The zero-order valence-electron chi connectivity index (χ0n) is 61.2. The molecule has 6 aromatic heterocycles. The Bertz CT molecular complexity index is 7760. The van der Waals surface area contributed by atoms with Crippen molar-refractivity contribution in [2.75, 3.05) is 0 Å². The second-order valence-electron chi connectivity index (χ2n) is 29.3. The van der Waals surface area contributed by atoms with E-state index in [1.807, 2.05) is 18.2 Å². The number of para-hydroxylation sites is 4. The number of furan rings is 2. The molecule has 0 saturated heterocycles. The second-order valence-corrected chi connectivity index (χ2v) is 29.3. The highest BCUT2D eigenvalue weighted by molar-refractivity contribution is 6.19. The number of hydrogen-bond donors (Lipinski definition) is 0. The maximum atomic E-state index is 7.10. The molecule has 10 nitrogen and oxygen atoms in total. The van der Waals surface area contributed by atoms with Gasteiger partial charge in [-0.2, -0.15) is 19.9 Å². The fourth-order valence-electron chi connectivity index (χ4n) is 17.2. The van der Waals surface area contributed by atoms with E-state index in [2.05, 4.69) is 367 Å². The highest BCUT2D eigenvalue weighted by atomic mass is 16.3. The van der Waals surface area contributed by atoms with Crippen LogP contribution in [-0.2, 0) is 0 Å². The zero-order chi connectivity index (χ0) is 74.9. The first kappa shape index (κ1) is 64.5. The topological polar surface area (TPSA) is 113 Å². The first-order valence-corrected chi connectivity index (χ1v) is 38.4. The lowest BCUT2D eigenvalue weighted by molar-refractivity contribution is 0.672. The van der Waals surface area contributed by atoms with Crippen molar-refractivity contribution in [1.29, 1.82) is 0 Å². The van der Waals surface area contributed by atoms with E-state index >= 15 is 0 Å². The quantitative estimate of drug-likeness (QED) is 0.119. The van der Waals surface area contributed by atoms with E-state index in [1.54, 1.807) is 0 Å². The summed E-state index contributed by atoms with van der Waals surface area (Å²) in [4.78, 5) is 32.6. The van der Waals surface area contributed by atoms with Crippen LogP contribution in [0.4, 0.5) is 0 Å². The third kappa shape index (κ3) is 10.8. The highest BCUT2D eigenvalue weighted by Crippen LogP contribution is 2.45. The Hall–Kier alpha value is -15.5. The molecule has 23 rings (SSSR count). The van der Waals surface area contributed by atoms with Crippen LogP contribution in [0.5, 0.6) is 0 Å². The summed E-state index contributed by atoms with van der Waals surface area (Å²) in [5.41, 5.74) is 23.6. The number of hydrogen-bond acceptors (Lipinski definition) is 8. The molecule has 0 N–H and O–H groups in total. The molecule has 0 radical (unpaired) electrons. The molecule has 0 spiro atoms. The maximum absolute atomic E-state index is 7.10. The lowest BCUT2D eigenvalue weighted by atomic mass is 9.96. The van der Waals surface area contributed by atoms with E-state index < -0.39 is 0 Å². The van der Waals surface area contributed by atoms with E-state index in [1.165, 1.54) is 0 Å². The number of aromatic nitrogens is 8. The minimum Gasteiger partial charge on any atom is -0.455 e. The predicted molar refractivity (Wildman–Crippen MR) is 466 cm³/mol. The molecule has 530 valence electrons. The molecule has 10 heteroatoms. The monoisotopic (exact) mass is 1450 g/mol. The number of fused-ring (bicyclic) bond motifs is 16. The van der Waals surface area contributed by atoms with Crippen LogP contribution in [-0.4, -0.2) is 39.0 Å². The van der Waals surface area contributed by atoms with E-state index in [-0.39, 0.29) is 0 Å². The van der Waals surface area contributed by atoms with Crippen LogP contribution in [0.1, 0.15) is 0 Å². The van der Waals surface area contributed by atoms with Crippen molar-refractivity contribution in [3.63, 3.8) is 0 Å². The summed E-state index contributed by atoms with van der Waals surface area (Å²) < 4.78 is 17.9. The standard InChI is InChI=1S/C104H62N8O2/c1-4-22-63(23-5-1)66-28-18-31-74(56-66)99-105-100(75-32-19-29-67(57-75)69-44-49-81-71(54-69)47-52-87-85-36-13-17-43-94(85)113-97(81)87)109-104(108-99)112-92-41-16-12-37-89(92)96-80(38-21-42-93(96)112)73-46-51-86-88-53-48-72-55-70(45-50-82(72)98(88)114-95(86)62-73)68-30-20-33-76(58-68)101-106-102(110-103(107-101)111-90-39-14-10-34-83(90)84-35-11-15-40-91(84)111)79-60-77(64-24-6-2-7-25-64)59-78(61-79)65-26-8-3-9-27-65/h1-62H. The number of rotatable bonds is 12. The molecule has 0 fully saturated rings. The molecule has 0 saturated carbocycles. The van der Waals surface area contributed by atoms with Gasteiger partial charge < -0.3 is 8.83 Å². The van der Waals surface area contributed by atoms with Gasteiger partial charge in [0.2, 0.25) is 11.9 Å². The molecular formula is C104H62N8O2. The molecule has 17 aromatic carbocycles. The molecule has 114 heavy (non-hydrogen) atoms. The van der Waals surface area contributed by atoms with Crippen LogP contribution >= 0.6 is 0 Å². The van der Waals surface area contributed by atoms with Crippen molar-refractivity contribution in [2.45, 2.75) is 0 Å². The second kappa shape index (κ2) is 26.1. The van der Waals surface area contributed by atoms with Crippen molar-refractivity contribution in [1.82, 2.24) is 39.0 Å². The largest absolute Gasteiger partial charge is 0.455 e. The Balaban J connectivity index is 0.614. The first-order valence-electron chi connectivity index (χ1n) is 38.4. The molecule has 0 atom stereocenters. The van der Waals surface area contributed by atoms with Gasteiger partial charge in [0.25, 0.3) is 0 Å². The average Bonchev–Trinajstić information content (AvgIpc) is 1.57. The Morgan fingerprint density at radius 1 is 0.184 bits per heavy atom. The van der Waals surface area contributed by atoms with Gasteiger partial charge in [0.15, 0.2) is 23.3 Å². The minimum absolute atomic E-state index is 0.506. The Labute approximate surface area is 653 Å². The maximum Gasteiger partial charge on any atom is 0.238 e. The summed E-state index contributed by atoms with van der Waals surface area (Å²) >= 11 is 0. The van der Waals surface area contributed by atoms with Gasteiger partial charge in [0.1, 0.15) is 22.3 Å². The SMILES string of the molecule is c1ccc(-c2cc(-c3ccccc3)cc(-c3nc(-c4cccc(-c5ccc6c(ccc7c8ccc(-c9cccc%10c9c9ccccc9n%10-c9nc(-c%10cccc(-c%11ccccc%11)c%10)nc(-c%10cccc(-c%11ccc%12c(ccc%13c%14ccccc%14oc%12%13)c%11)c%10)n9)cc8oc67)c5)c4)nc(-n4c5ccccc5c5ccccc54)n3)c2)cc1. The molecule has 0 bridgehead atoms. The van der Waals surface area contributed by atoms with Crippen molar-refractivity contribution < 1.29 is 8.83 Å². The average molecular weight is 1460 g/mol. The van der Waals surface area contributed by atoms with Crippen LogP contribution in [0.3, 0.4) is 0 Å². The highest BCUT2D eigenvalue weighted by Gasteiger charge is 2.25. The molecule has 6 heterocycles. The Morgan fingerprint density at radius 3 is 1.06 bits per heavy atom. The zero-order valence-corrected chi connectivity index (χ0v) is 61.2. The molecule has 0 amide bonds. The van der Waals surface area contributed by atoms with E-state index in [4.69, 9.17) is 38.7 Å². The van der Waals surface area contributed by atoms with Gasteiger partial charge in [-0.1, -0.05) is 261 Å². The minimum atomic E-state index is 0.506. The van der Waals surface area contributed by atoms with Gasteiger partial charge in [-0.15, -0.1) is 0 Å². The summed E-state index contributed by atoms with van der Waals surface area (Å²) in [5.74, 6) is 3.28. The van der Waals surface area contributed by atoms with Crippen LogP contribution in [0, 0.1) is 0 Å². The fourth-order valence-corrected chi connectivity index (χ4v) is 17.2. The summed E-state index contributed by atoms with van der Waals surface area (Å²) in [5, 5.41) is 13.0. The van der Waals surface area contributed by atoms with Crippen molar-refractivity contribution >= 4 is 109 Å². The third-order valence-electron chi connectivity index (χ3n) is 22.6. The molecule has 0 aliphatic carbocycles. The molecular weight excluding hydrogens is 1390 g/mol. The molecule has 0 aliphatic rings. The van der Waals surface area contributed by atoms with Gasteiger partial charge in [-0.25, -0.2) is 9.97 Å². The van der Waals surface area contributed by atoms with Crippen molar-refractivity contribution in [2.24, 2.45) is 0 Å². The summed E-state index contributed by atoms with van der Waals surface area (Å²) in [6, 6.07) is 133. The van der Waals surface area contributed by atoms with E-state index in [9.17, 15) is 0 Å². The summed E-state index contributed by atoms with van der Waals surface area (Å²) in [6.07, 6.45) is 0. The van der Waals surface area contributed by atoms with Gasteiger partial charge in [0.05, 0.1) is 22.1 Å². The van der Waals surface area contributed by atoms with Gasteiger partial charge in [0, 0.05) is 76.1 Å². The molecule has 0 unspecified atom stereocenters. The lowest BCUT2D eigenvalue weighted by Crippen LogP contribution is -2.06. The Kier molecular flexibility index (Phi) is 14.8. The summed E-state index contributed by atoms with van der Waals surface area (Å²) in [7, 11) is 0. The molecule has 23 aromatic rings. The molecule has 0 aliphatic heterocycles. The van der Waals surface area contributed by atoms with Crippen molar-refractivity contribution in [3.05, 3.63) is 376 Å². The normalized spacial score (nSPS) is 11.9. The van der Waals surface area contributed by atoms with Crippen LogP contribution in [0.15, 0.2) is 385 Å². The van der Waals surface area contributed by atoms with Gasteiger partial charge >= 0.3 is 0 Å². The number of nitrogens with zero attached hydrogens (tertiary/aromatic N) is 8. The predicted octanol–water partition coefficient (Wildman–Crippen LogP) is 27.0. The third-order valence-corrected chi connectivity index (χ3v) is 22.6. The number of benzene rings is 17. The first-order chi connectivity index (χ1) is 56.4. The Morgan fingerprint density at radius 2 is 0.526 bits per heavy atom. The lowest BCUT2D eigenvalue weighted by Gasteiger charge is -2.14. The van der Waals surface area contributed by atoms with E-state index in [0.29, 0.717) is 35.2 Å². The van der Waals surface area contributed by atoms with Crippen LogP contribution in [0.2, 0.25) is 0 Å². The van der Waals surface area contributed by atoms with Crippen LogP contribution < -0.4 is 0 Å². The summed E-state index contributed by atoms with van der Waals surface area (Å²) in [6.45, 7) is 0. The smallest absolute Gasteiger partial charge is 0.238 e. The van der Waals surface area contributed by atoms with E-state index in [0.717, 1.165) is 198 Å². The van der Waals surface area contributed by atoms with Gasteiger partial charge in [-0.3, -0.25) is 9.13 Å².